The number of ether oxygens (including phenoxy) is 1. The van der Waals surface area contributed by atoms with E-state index in [4.69, 9.17) is 4.74 Å². The molecule has 0 unspecified atom stereocenters. The van der Waals surface area contributed by atoms with Crippen LogP contribution in [0.4, 0.5) is 0 Å². The van der Waals surface area contributed by atoms with Crippen molar-refractivity contribution in [1.82, 2.24) is 4.90 Å². The largest absolute Gasteiger partial charge is 0.497 e. The molecule has 2 fully saturated rings. The number of amidine groups is 1. The molecule has 0 bridgehead atoms. The molecule has 1 aromatic rings. The lowest BCUT2D eigenvalue weighted by molar-refractivity contribution is -0.117. The minimum Gasteiger partial charge on any atom is -0.497 e. The molecule has 0 saturated carbocycles. The zero-order chi connectivity index (χ0) is 17.3. The Bertz CT molecular complexity index is 759. The first-order valence-corrected chi connectivity index (χ1v) is 10.5. The van der Waals surface area contributed by atoms with Gasteiger partial charge in [-0.1, -0.05) is 30.8 Å². The predicted octanol–water partition coefficient (Wildman–Crippen LogP) is 1.70. The number of benzene rings is 1. The van der Waals surface area contributed by atoms with E-state index in [1.54, 1.807) is 14.0 Å². The summed E-state index contributed by atoms with van der Waals surface area (Å²) in [6, 6.07) is 7.51. The smallest absolute Gasteiger partial charge is 0.247 e. The molecular formula is C16H20N2O4S2. The summed E-state index contributed by atoms with van der Waals surface area (Å²) in [5.41, 5.74) is 1.03. The number of methoxy groups -OCH3 is 1. The number of sulfone groups is 1. The Labute approximate surface area is 146 Å². The highest BCUT2D eigenvalue weighted by Gasteiger charge is 2.48. The van der Waals surface area contributed by atoms with Gasteiger partial charge in [0, 0.05) is 18.2 Å². The molecule has 6 nitrogen and oxygen atoms in total. The van der Waals surface area contributed by atoms with E-state index in [0.717, 1.165) is 11.3 Å². The molecule has 2 heterocycles. The number of amides is 1. The number of thioether (sulfide) groups is 1. The topological polar surface area (TPSA) is 76.0 Å². The summed E-state index contributed by atoms with van der Waals surface area (Å²) >= 11 is 1.41. The van der Waals surface area contributed by atoms with Gasteiger partial charge in [0.2, 0.25) is 5.91 Å². The van der Waals surface area contributed by atoms with Crippen molar-refractivity contribution in [3.8, 4) is 5.75 Å². The van der Waals surface area contributed by atoms with Crippen molar-refractivity contribution >= 4 is 32.7 Å². The van der Waals surface area contributed by atoms with E-state index >= 15 is 0 Å². The summed E-state index contributed by atoms with van der Waals surface area (Å²) in [6.45, 7) is 2.30. The van der Waals surface area contributed by atoms with Crippen LogP contribution in [0.5, 0.6) is 5.75 Å². The highest BCUT2D eigenvalue weighted by molar-refractivity contribution is 8.15. The zero-order valence-corrected chi connectivity index (χ0v) is 15.3. The van der Waals surface area contributed by atoms with Crippen LogP contribution in [0.1, 0.15) is 18.9 Å². The van der Waals surface area contributed by atoms with Gasteiger partial charge in [0.1, 0.15) is 5.75 Å². The maximum Gasteiger partial charge on any atom is 0.247 e. The van der Waals surface area contributed by atoms with Gasteiger partial charge < -0.3 is 9.64 Å². The Kier molecular flexibility index (Phi) is 4.87. The van der Waals surface area contributed by atoms with E-state index in [1.807, 2.05) is 29.2 Å². The number of hydrogen-bond donors (Lipinski definition) is 0. The van der Waals surface area contributed by atoms with Gasteiger partial charge in [-0.3, -0.25) is 4.79 Å². The normalized spacial score (nSPS) is 26.6. The molecule has 2 aliphatic heterocycles. The fourth-order valence-corrected chi connectivity index (χ4v) is 6.90. The Hall–Kier alpha value is -1.54. The highest BCUT2D eigenvalue weighted by atomic mass is 32.2. The van der Waals surface area contributed by atoms with Crippen LogP contribution < -0.4 is 4.74 Å². The summed E-state index contributed by atoms with van der Waals surface area (Å²) in [5, 5.41) is 0.597. The summed E-state index contributed by atoms with van der Waals surface area (Å²) in [6.07, 6.45) is 0.341. The van der Waals surface area contributed by atoms with Crippen molar-refractivity contribution < 1.29 is 17.9 Å². The number of fused-ring (bicyclic) bond motifs is 1. The van der Waals surface area contributed by atoms with Gasteiger partial charge >= 0.3 is 0 Å². The third-order valence-electron chi connectivity index (χ3n) is 4.21. The molecule has 0 spiro atoms. The number of rotatable bonds is 4. The van der Waals surface area contributed by atoms with Crippen molar-refractivity contribution in [3.05, 3.63) is 29.8 Å². The molecule has 0 N–H and O–H groups in total. The second-order valence-electron chi connectivity index (χ2n) is 5.92. The van der Waals surface area contributed by atoms with Gasteiger partial charge in [0.05, 0.1) is 24.7 Å². The number of nitrogens with zero attached hydrogens (tertiary/aromatic N) is 2. The second kappa shape index (κ2) is 6.76. The quantitative estimate of drug-likeness (QED) is 0.805. The predicted molar refractivity (Wildman–Crippen MR) is 95.1 cm³/mol. The molecular weight excluding hydrogens is 348 g/mol. The van der Waals surface area contributed by atoms with Crippen LogP contribution in [0.2, 0.25) is 0 Å². The van der Waals surface area contributed by atoms with Gasteiger partial charge in [-0.25, -0.2) is 8.42 Å². The van der Waals surface area contributed by atoms with E-state index in [1.165, 1.54) is 11.8 Å². The fraction of sp³-hybridized carbons (Fsp3) is 0.500. The third-order valence-corrected chi connectivity index (χ3v) is 7.46. The molecule has 1 amide bonds. The number of hydrogen-bond acceptors (Lipinski definition) is 5. The summed E-state index contributed by atoms with van der Waals surface area (Å²) in [7, 11) is -1.41. The van der Waals surface area contributed by atoms with Crippen molar-refractivity contribution in [2.75, 3.05) is 18.6 Å². The minimum atomic E-state index is -3.02. The number of carbonyl (C=O) groups is 1. The first-order valence-electron chi connectivity index (χ1n) is 7.80. The summed E-state index contributed by atoms with van der Waals surface area (Å²) in [5.74, 6) is 0.868. The van der Waals surface area contributed by atoms with E-state index in [0.29, 0.717) is 18.1 Å². The molecule has 130 valence electrons. The van der Waals surface area contributed by atoms with E-state index in [-0.39, 0.29) is 28.7 Å². The average Bonchev–Trinajstić information content (AvgIpc) is 3.01. The first-order chi connectivity index (χ1) is 11.4. The van der Waals surface area contributed by atoms with E-state index in [9.17, 15) is 13.2 Å². The Morgan fingerprint density at radius 1 is 1.33 bits per heavy atom. The van der Waals surface area contributed by atoms with Crippen LogP contribution >= 0.6 is 11.8 Å². The lowest BCUT2D eigenvalue weighted by Gasteiger charge is -2.24. The Morgan fingerprint density at radius 2 is 2.04 bits per heavy atom. The van der Waals surface area contributed by atoms with Crippen LogP contribution in [0, 0.1) is 0 Å². The highest BCUT2D eigenvalue weighted by Crippen LogP contribution is 2.39. The van der Waals surface area contributed by atoms with E-state index < -0.39 is 9.84 Å². The lowest BCUT2D eigenvalue weighted by Crippen LogP contribution is -2.37. The molecule has 2 saturated heterocycles. The van der Waals surface area contributed by atoms with Gasteiger partial charge in [-0.15, -0.1) is 0 Å². The minimum absolute atomic E-state index is 0.0448. The van der Waals surface area contributed by atoms with Crippen LogP contribution in [0.15, 0.2) is 29.3 Å². The first kappa shape index (κ1) is 17.3. The van der Waals surface area contributed by atoms with Crippen molar-refractivity contribution in [3.63, 3.8) is 0 Å². The van der Waals surface area contributed by atoms with Crippen molar-refractivity contribution in [2.24, 2.45) is 4.99 Å². The molecule has 0 radical (unpaired) electrons. The second-order valence-corrected chi connectivity index (χ2v) is 9.28. The maximum atomic E-state index is 11.9. The van der Waals surface area contributed by atoms with Crippen molar-refractivity contribution in [2.45, 2.75) is 31.2 Å². The maximum absolute atomic E-state index is 11.9. The Morgan fingerprint density at radius 3 is 2.67 bits per heavy atom. The molecule has 2 aliphatic rings. The molecule has 0 aromatic heterocycles. The molecule has 3 rings (SSSR count). The molecule has 2 atom stereocenters. The lowest BCUT2D eigenvalue weighted by atomic mass is 10.1. The van der Waals surface area contributed by atoms with Gasteiger partial charge in [0.15, 0.2) is 15.0 Å². The number of aliphatic imine (C=N–C) groups is 1. The van der Waals surface area contributed by atoms with Gasteiger partial charge in [-0.05, 0) is 17.7 Å². The summed E-state index contributed by atoms with van der Waals surface area (Å²) in [4.78, 5) is 17.9. The number of carbonyl (C=O) groups excluding carboxylic acids is 1. The fourth-order valence-electron chi connectivity index (χ4n) is 2.93. The SMILES string of the molecule is CCC(=O)N=C1S[C@H]2CS(=O)(=O)C[C@H]2N1Cc1ccc(OC)cc1. The summed E-state index contributed by atoms with van der Waals surface area (Å²) < 4.78 is 29.1. The molecule has 8 heteroatoms. The standard InChI is InChI=1S/C16H20N2O4S2/c1-3-15(19)17-16-18(8-11-4-6-12(22-2)7-5-11)13-9-24(20,21)10-14(13)23-16/h4-7,13-14H,3,8-10H2,1-2H3/t13-,14+/m1/s1. The van der Waals surface area contributed by atoms with Crippen LogP contribution in [-0.4, -0.2) is 54.3 Å². The van der Waals surface area contributed by atoms with Gasteiger partial charge in [0.25, 0.3) is 0 Å². The Balaban J connectivity index is 1.86. The van der Waals surface area contributed by atoms with E-state index in [2.05, 4.69) is 4.99 Å². The molecule has 1 aromatic carbocycles. The van der Waals surface area contributed by atoms with Crippen LogP contribution in [0.25, 0.3) is 0 Å². The van der Waals surface area contributed by atoms with Crippen LogP contribution in [-0.2, 0) is 21.2 Å². The monoisotopic (exact) mass is 368 g/mol. The van der Waals surface area contributed by atoms with Crippen LogP contribution in [0.3, 0.4) is 0 Å². The third kappa shape index (κ3) is 3.59. The molecule has 24 heavy (non-hydrogen) atoms. The average molecular weight is 368 g/mol. The van der Waals surface area contributed by atoms with Gasteiger partial charge in [-0.2, -0.15) is 4.99 Å². The van der Waals surface area contributed by atoms with Crippen molar-refractivity contribution in [1.29, 1.82) is 0 Å². The molecule has 0 aliphatic carbocycles. The zero-order valence-electron chi connectivity index (χ0n) is 13.6.